The van der Waals surface area contributed by atoms with Gasteiger partial charge in [-0.15, -0.1) is 0 Å². The van der Waals surface area contributed by atoms with Gasteiger partial charge < -0.3 is 28.9 Å². The van der Waals surface area contributed by atoms with Gasteiger partial charge in [0.25, 0.3) is 5.91 Å². The molecule has 9 heteroatoms. The zero-order valence-corrected chi connectivity index (χ0v) is 18.0. The van der Waals surface area contributed by atoms with Crippen LogP contribution in [-0.2, 0) is 27.4 Å². The van der Waals surface area contributed by atoms with Gasteiger partial charge >= 0.3 is 0 Å². The lowest BCUT2D eigenvalue weighted by atomic mass is 10.2. The second-order valence-electron chi connectivity index (χ2n) is 7.47. The highest BCUT2D eigenvalue weighted by Crippen LogP contribution is 2.24. The van der Waals surface area contributed by atoms with Crippen molar-refractivity contribution in [3.05, 3.63) is 59.4 Å². The van der Waals surface area contributed by atoms with Gasteiger partial charge in [-0.25, -0.2) is 4.98 Å². The Balaban J connectivity index is 1.36. The number of rotatable bonds is 8. The Bertz CT molecular complexity index is 1080. The number of nitrogens with zero attached hydrogens (tertiary/aromatic N) is 1. The Morgan fingerprint density at radius 3 is 2.69 bits per heavy atom. The molecule has 1 fully saturated rings. The van der Waals surface area contributed by atoms with E-state index in [2.05, 4.69) is 15.6 Å². The van der Waals surface area contributed by atoms with Crippen LogP contribution in [0, 0.1) is 6.92 Å². The minimum atomic E-state index is -0.378. The van der Waals surface area contributed by atoms with Crippen molar-refractivity contribution in [1.82, 2.24) is 10.3 Å². The number of aryl methyl sites for hydroxylation is 1. The van der Waals surface area contributed by atoms with Gasteiger partial charge in [0.1, 0.15) is 29.9 Å². The molecule has 1 atom stereocenters. The number of hydrogen-bond donors (Lipinski definition) is 2. The summed E-state index contributed by atoms with van der Waals surface area (Å²) in [6.45, 7) is 3.01. The van der Waals surface area contributed by atoms with Gasteiger partial charge in [-0.3, -0.25) is 9.59 Å². The standard InChI is InChI=1S/C23H25N3O6/c1-14-18(12-24-21(27)19-4-3-11-30-19)26-23(31-14)15-5-7-16(8-6-15)25-22(28)20-10-9-17(32-20)13-29-2/h5-10,19H,3-4,11-13H2,1-2H3,(H,24,27)(H,25,28)/t19-/m0/s1. The lowest BCUT2D eigenvalue weighted by Gasteiger charge is -2.09. The van der Waals surface area contributed by atoms with Gasteiger partial charge in [-0.05, 0) is 56.2 Å². The van der Waals surface area contributed by atoms with Gasteiger partial charge in [0.15, 0.2) is 5.76 Å². The normalized spacial score (nSPS) is 15.6. The van der Waals surface area contributed by atoms with E-state index in [-0.39, 0.29) is 30.2 Å². The second-order valence-corrected chi connectivity index (χ2v) is 7.47. The summed E-state index contributed by atoms with van der Waals surface area (Å²) in [6, 6.07) is 10.4. The minimum Gasteiger partial charge on any atom is -0.453 e. The van der Waals surface area contributed by atoms with E-state index in [0.717, 1.165) is 18.4 Å². The second kappa shape index (κ2) is 9.80. The number of carbonyl (C=O) groups is 2. The maximum atomic E-state index is 12.3. The molecular formula is C23H25N3O6. The van der Waals surface area contributed by atoms with Gasteiger partial charge in [0, 0.05) is 25.0 Å². The summed E-state index contributed by atoms with van der Waals surface area (Å²) in [7, 11) is 1.56. The van der Waals surface area contributed by atoms with E-state index >= 15 is 0 Å². The third kappa shape index (κ3) is 5.06. The van der Waals surface area contributed by atoms with E-state index in [9.17, 15) is 9.59 Å². The highest BCUT2D eigenvalue weighted by atomic mass is 16.5. The smallest absolute Gasteiger partial charge is 0.291 e. The molecule has 168 valence electrons. The number of furan rings is 1. The molecule has 1 saturated heterocycles. The molecule has 1 aromatic carbocycles. The fourth-order valence-electron chi connectivity index (χ4n) is 3.39. The number of benzene rings is 1. The Hall–Kier alpha value is -3.43. The molecule has 9 nitrogen and oxygen atoms in total. The van der Waals surface area contributed by atoms with E-state index in [1.807, 2.05) is 0 Å². The molecule has 0 unspecified atom stereocenters. The molecular weight excluding hydrogens is 414 g/mol. The number of aromatic nitrogens is 1. The van der Waals surface area contributed by atoms with Gasteiger partial charge in [-0.1, -0.05) is 0 Å². The molecule has 2 N–H and O–H groups in total. The van der Waals surface area contributed by atoms with Crippen molar-refractivity contribution in [3.63, 3.8) is 0 Å². The molecule has 1 aliphatic heterocycles. The predicted molar refractivity (Wildman–Crippen MR) is 115 cm³/mol. The molecule has 0 bridgehead atoms. The van der Waals surface area contributed by atoms with Crippen LogP contribution in [0.25, 0.3) is 11.5 Å². The molecule has 2 amide bonds. The van der Waals surface area contributed by atoms with Crippen LogP contribution in [0.4, 0.5) is 5.69 Å². The molecule has 2 aromatic heterocycles. The lowest BCUT2D eigenvalue weighted by Crippen LogP contribution is -2.33. The predicted octanol–water partition coefficient (Wildman–Crippen LogP) is 3.44. The van der Waals surface area contributed by atoms with E-state index in [0.29, 0.717) is 42.0 Å². The van der Waals surface area contributed by atoms with Crippen molar-refractivity contribution >= 4 is 17.5 Å². The van der Waals surface area contributed by atoms with Crippen LogP contribution in [0.1, 0.15) is 40.6 Å². The first-order valence-corrected chi connectivity index (χ1v) is 10.4. The maximum absolute atomic E-state index is 12.3. The average molecular weight is 439 g/mol. The van der Waals surface area contributed by atoms with E-state index in [1.165, 1.54) is 0 Å². The Labute approximate surface area is 185 Å². The molecule has 3 heterocycles. The largest absolute Gasteiger partial charge is 0.453 e. The highest BCUT2D eigenvalue weighted by Gasteiger charge is 2.24. The SMILES string of the molecule is COCc1ccc(C(=O)Nc2ccc(-c3nc(CNC(=O)[C@@H]4CCCO4)c(C)o3)cc2)o1. The average Bonchev–Trinajstić information content (AvgIpc) is 3.54. The Morgan fingerprint density at radius 2 is 1.97 bits per heavy atom. The molecule has 0 aliphatic carbocycles. The van der Waals surface area contributed by atoms with E-state index in [4.69, 9.17) is 18.3 Å². The van der Waals surface area contributed by atoms with E-state index in [1.54, 1.807) is 50.4 Å². The summed E-state index contributed by atoms with van der Waals surface area (Å²) in [4.78, 5) is 29.0. The highest BCUT2D eigenvalue weighted by molar-refractivity contribution is 6.02. The molecule has 0 spiro atoms. The van der Waals surface area contributed by atoms with Crippen LogP contribution in [0.5, 0.6) is 0 Å². The molecule has 4 rings (SSSR count). The fraction of sp³-hybridized carbons (Fsp3) is 0.348. The van der Waals surface area contributed by atoms with Crippen LogP contribution in [-0.4, -0.2) is 36.6 Å². The van der Waals surface area contributed by atoms with E-state index < -0.39 is 0 Å². The Morgan fingerprint density at radius 1 is 1.16 bits per heavy atom. The monoisotopic (exact) mass is 439 g/mol. The summed E-state index contributed by atoms with van der Waals surface area (Å²) in [5.74, 6) is 1.38. The number of oxazole rings is 1. The van der Waals surface area contributed by atoms with Gasteiger partial charge in [0.05, 0.1) is 6.54 Å². The molecule has 0 radical (unpaired) electrons. The summed E-state index contributed by atoms with van der Waals surface area (Å²) in [5, 5.41) is 5.64. The molecule has 0 saturated carbocycles. The fourth-order valence-corrected chi connectivity index (χ4v) is 3.39. The van der Waals surface area contributed by atoms with Crippen molar-refractivity contribution < 1.29 is 27.9 Å². The number of nitrogens with one attached hydrogen (secondary N) is 2. The van der Waals surface area contributed by atoms with Gasteiger partial charge in [0.2, 0.25) is 11.8 Å². The Kier molecular flexibility index (Phi) is 6.67. The summed E-state index contributed by atoms with van der Waals surface area (Å²) >= 11 is 0. The van der Waals surface area contributed by atoms with Crippen LogP contribution >= 0.6 is 0 Å². The third-order valence-electron chi connectivity index (χ3n) is 5.11. The lowest BCUT2D eigenvalue weighted by molar-refractivity contribution is -0.130. The summed E-state index contributed by atoms with van der Waals surface area (Å²) < 4.78 is 21.6. The van der Waals surface area contributed by atoms with Crippen LogP contribution in [0.2, 0.25) is 0 Å². The number of amides is 2. The molecule has 1 aliphatic rings. The van der Waals surface area contributed by atoms with Crippen LogP contribution in [0.15, 0.2) is 45.2 Å². The molecule has 3 aromatic rings. The molecule has 32 heavy (non-hydrogen) atoms. The van der Waals surface area contributed by atoms with Gasteiger partial charge in [-0.2, -0.15) is 0 Å². The first kappa shape index (κ1) is 21.8. The minimum absolute atomic E-state index is 0.127. The van der Waals surface area contributed by atoms with Crippen molar-refractivity contribution in [3.8, 4) is 11.5 Å². The van der Waals surface area contributed by atoms with Crippen molar-refractivity contribution in [2.75, 3.05) is 19.0 Å². The van der Waals surface area contributed by atoms with Crippen LogP contribution < -0.4 is 10.6 Å². The number of anilines is 1. The number of hydrogen-bond acceptors (Lipinski definition) is 7. The number of carbonyl (C=O) groups excluding carboxylic acids is 2. The summed E-state index contributed by atoms with van der Waals surface area (Å²) in [5.41, 5.74) is 2.02. The number of ether oxygens (including phenoxy) is 2. The van der Waals surface area contributed by atoms with Crippen LogP contribution in [0.3, 0.4) is 0 Å². The summed E-state index contributed by atoms with van der Waals surface area (Å²) in [6.07, 6.45) is 1.27. The van der Waals surface area contributed by atoms with Crippen molar-refractivity contribution in [2.24, 2.45) is 0 Å². The maximum Gasteiger partial charge on any atom is 0.291 e. The van der Waals surface area contributed by atoms with Crippen molar-refractivity contribution in [1.29, 1.82) is 0 Å². The third-order valence-corrected chi connectivity index (χ3v) is 5.11. The van der Waals surface area contributed by atoms with Crippen molar-refractivity contribution in [2.45, 2.75) is 39.0 Å². The first-order valence-electron chi connectivity index (χ1n) is 10.4. The quantitative estimate of drug-likeness (QED) is 0.552. The topological polar surface area (TPSA) is 116 Å². The zero-order chi connectivity index (χ0) is 22.5. The zero-order valence-electron chi connectivity index (χ0n) is 18.0. The first-order chi connectivity index (χ1) is 15.5. The number of methoxy groups -OCH3 is 1.